The molecule has 3 heterocycles. The van der Waals surface area contributed by atoms with E-state index in [-0.39, 0.29) is 36.4 Å². The summed E-state index contributed by atoms with van der Waals surface area (Å²) in [6, 6.07) is 5.34. The number of fused-ring (bicyclic) bond motifs is 1. The zero-order valence-corrected chi connectivity index (χ0v) is 35.5. The number of phosphoric acid groups is 2. The Kier molecular flexibility index (Phi) is 19.4. The summed E-state index contributed by atoms with van der Waals surface area (Å²) in [5.74, 6) is -4.12. The number of ether oxygens (including phenoxy) is 3. The van der Waals surface area contributed by atoms with Crippen molar-refractivity contribution in [3.05, 3.63) is 16.7 Å². The molecule has 2 aromatic heterocycles. The van der Waals surface area contributed by atoms with Crippen LogP contribution < -0.4 is 10.9 Å². The molecule has 330 valence electrons. The zero-order valence-electron chi connectivity index (χ0n) is 33.7. The average molecular weight is 887 g/mol. The highest BCUT2D eigenvalue weighted by Crippen LogP contribution is 2.53. The van der Waals surface area contributed by atoms with E-state index in [1.54, 1.807) is 45.9 Å². The quantitative estimate of drug-likeness (QED) is 0.0732. The second kappa shape index (κ2) is 23.4. The van der Waals surface area contributed by atoms with E-state index in [1.807, 2.05) is 0 Å². The summed E-state index contributed by atoms with van der Waals surface area (Å²) in [5, 5.41) is 39.3. The van der Waals surface area contributed by atoms with Crippen molar-refractivity contribution in [3.63, 3.8) is 0 Å². The Bertz CT molecular complexity index is 2050. The second-order valence-electron chi connectivity index (χ2n) is 13.7. The van der Waals surface area contributed by atoms with Gasteiger partial charge in [0.05, 0.1) is 95.3 Å². The van der Waals surface area contributed by atoms with E-state index >= 15 is 0 Å². The molecule has 0 aromatic carbocycles. The van der Waals surface area contributed by atoms with Crippen LogP contribution >= 0.6 is 15.6 Å². The number of aromatic nitrogens is 4. The van der Waals surface area contributed by atoms with Gasteiger partial charge in [0.25, 0.3) is 5.56 Å². The first-order valence-corrected chi connectivity index (χ1v) is 21.5. The molecule has 24 nitrogen and oxygen atoms in total. The Hall–Kier alpha value is -4.63. The predicted octanol–water partition coefficient (Wildman–Crippen LogP) is 3.16. The summed E-state index contributed by atoms with van der Waals surface area (Å²) in [6.45, 7) is 5.52. The lowest BCUT2D eigenvalue weighted by Crippen LogP contribution is -2.42. The van der Waals surface area contributed by atoms with E-state index in [1.165, 1.54) is 18.4 Å². The Morgan fingerprint density at radius 2 is 1.42 bits per heavy atom. The first-order chi connectivity index (χ1) is 28.4. The summed E-state index contributed by atoms with van der Waals surface area (Å²) in [5.41, 5.74) is -1.09. The monoisotopic (exact) mass is 886 g/mol. The third kappa shape index (κ3) is 14.2. The van der Waals surface area contributed by atoms with Gasteiger partial charge in [-0.25, -0.2) is 14.1 Å². The number of nitrogens with zero attached hydrogens (tertiary/aromatic N) is 6. The molecular formula is C34H48N8O16P2. The highest BCUT2D eigenvalue weighted by atomic mass is 31.2. The highest BCUT2D eigenvalue weighted by Gasteiger charge is 2.52. The number of carbonyl (C=O) groups is 3. The van der Waals surface area contributed by atoms with E-state index in [0.29, 0.717) is 0 Å². The summed E-state index contributed by atoms with van der Waals surface area (Å²) in [6.07, 6.45) is -7.09. The number of esters is 2. The number of hydrogen-bond acceptors (Lipinski definition) is 21. The number of rotatable bonds is 25. The molecule has 1 aliphatic rings. The van der Waals surface area contributed by atoms with Crippen LogP contribution in [0.5, 0.6) is 0 Å². The number of H-pyrrole nitrogens is 1. The number of aliphatic hydroxyl groups is 1. The minimum Gasteiger partial charge on any atom is -0.455 e. The molecule has 3 N–H and O–H groups in total. The van der Waals surface area contributed by atoms with Crippen molar-refractivity contribution < 1.29 is 70.0 Å². The Morgan fingerprint density at radius 3 is 1.93 bits per heavy atom. The van der Waals surface area contributed by atoms with Crippen molar-refractivity contribution in [2.24, 2.45) is 17.8 Å². The number of hydrogen-bond donors (Lipinski definition) is 3. The predicted molar refractivity (Wildman–Crippen MR) is 203 cm³/mol. The molecule has 1 amide bonds. The van der Waals surface area contributed by atoms with Gasteiger partial charge in [0.2, 0.25) is 11.9 Å². The van der Waals surface area contributed by atoms with E-state index in [4.69, 9.17) is 57.1 Å². The molecule has 4 unspecified atom stereocenters. The second-order valence-corrected chi connectivity index (χ2v) is 17.0. The van der Waals surface area contributed by atoms with Gasteiger partial charge < -0.3 is 19.3 Å². The van der Waals surface area contributed by atoms with E-state index < -0.39 is 127 Å². The number of nitriles is 3. The fourth-order valence-corrected chi connectivity index (χ4v) is 7.30. The van der Waals surface area contributed by atoms with Crippen molar-refractivity contribution in [1.29, 1.82) is 15.8 Å². The number of amides is 1. The lowest BCUT2D eigenvalue weighted by Gasteiger charge is -2.27. The van der Waals surface area contributed by atoms with Crippen molar-refractivity contribution in [3.8, 4) is 18.2 Å². The van der Waals surface area contributed by atoms with Crippen LogP contribution in [0.15, 0.2) is 11.1 Å². The van der Waals surface area contributed by atoms with E-state index in [2.05, 4.69) is 20.3 Å². The van der Waals surface area contributed by atoms with Crippen LogP contribution in [0.3, 0.4) is 0 Å². The minimum atomic E-state index is -4.83. The molecule has 60 heavy (non-hydrogen) atoms. The van der Waals surface area contributed by atoms with Crippen LogP contribution in [0.2, 0.25) is 0 Å². The van der Waals surface area contributed by atoms with Gasteiger partial charge in [-0.2, -0.15) is 20.8 Å². The lowest BCUT2D eigenvalue weighted by atomic mass is 10.1. The van der Waals surface area contributed by atoms with E-state index in [0.717, 1.165) is 6.33 Å². The molecule has 1 saturated heterocycles. The van der Waals surface area contributed by atoms with Gasteiger partial charge in [0, 0.05) is 5.92 Å². The van der Waals surface area contributed by atoms with Gasteiger partial charge in [-0.1, -0.05) is 41.5 Å². The van der Waals surface area contributed by atoms with Gasteiger partial charge in [-0.15, -0.1) is 0 Å². The van der Waals surface area contributed by atoms with Crippen LogP contribution in [-0.4, -0.2) is 107 Å². The molecule has 3 rings (SSSR count). The van der Waals surface area contributed by atoms with Crippen molar-refractivity contribution >= 4 is 50.6 Å². The molecule has 0 saturated carbocycles. The van der Waals surface area contributed by atoms with E-state index in [9.17, 15) is 33.4 Å². The highest BCUT2D eigenvalue weighted by molar-refractivity contribution is 7.48. The zero-order chi connectivity index (χ0) is 44.6. The fourth-order valence-electron chi connectivity index (χ4n) is 4.76. The van der Waals surface area contributed by atoms with Crippen LogP contribution in [-0.2, 0) is 64.9 Å². The summed E-state index contributed by atoms with van der Waals surface area (Å²) >= 11 is 0. The number of anilines is 1. The van der Waals surface area contributed by atoms with Gasteiger partial charge in [-0.05, 0) is 0 Å². The molecule has 0 bridgehead atoms. The maximum absolute atomic E-state index is 14.1. The molecule has 26 heteroatoms. The van der Waals surface area contributed by atoms with Gasteiger partial charge in [0.1, 0.15) is 12.2 Å². The molecule has 0 spiro atoms. The van der Waals surface area contributed by atoms with Gasteiger partial charge in [-0.3, -0.25) is 61.2 Å². The largest absolute Gasteiger partial charge is 0.475 e. The van der Waals surface area contributed by atoms with Gasteiger partial charge in [0.15, 0.2) is 29.6 Å². The number of aromatic amines is 1. The first kappa shape index (κ1) is 49.7. The lowest BCUT2D eigenvalue weighted by molar-refractivity contribution is -0.172. The minimum absolute atomic E-state index is 0.140. The number of nitrogens with one attached hydrogen (secondary N) is 2. The summed E-state index contributed by atoms with van der Waals surface area (Å²) in [4.78, 5) is 62.6. The molecule has 1 fully saturated rings. The van der Waals surface area contributed by atoms with Crippen LogP contribution in [0.4, 0.5) is 5.95 Å². The first-order valence-electron chi connectivity index (χ1n) is 18.6. The molecule has 2 aromatic rings. The molecular weight excluding hydrogens is 838 g/mol. The summed E-state index contributed by atoms with van der Waals surface area (Å²) in [7, 11) is -9.36. The van der Waals surface area contributed by atoms with Crippen molar-refractivity contribution in [2.45, 2.75) is 91.4 Å². The molecule has 0 radical (unpaired) electrons. The van der Waals surface area contributed by atoms with Crippen LogP contribution in [0, 0.1) is 51.7 Å². The maximum Gasteiger partial charge on any atom is 0.475 e. The number of carbonyl (C=O) groups excluding carboxylic acids is 3. The standard InChI is InChI=1S/C34H48N8O16P2/c1-20(2)29(44)40-34-39-28-25(30(45)41-34)38-19-42(28)31-27(57-33(47)22(5)6)26(56-32(46)21(3)4)24(55-31)18-54-59(48,50-13-7-10-35)53-17-23(16-43)58-60(49,51-14-8-11-36)52-15-9-12-37/h19-24,26-27,31,43H,7-9,13-18H2,1-6H3,(H2,39,40,41,44,45)/t23?,24-,26?,27?,31-,59?/m1/s1. The van der Waals surface area contributed by atoms with Crippen molar-refractivity contribution in [1.82, 2.24) is 19.5 Å². The third-order valence-corrected chi connectivity index (χ3v) is 10.9. The SMILES string of the molecule is CC(C)C(=O)Nc1nc2c(ncn2[C@@H]2O[C@H](COP(=O)(OCCC#N)OCC(CO)OP(=O)(OCCC#N)OCCC#N)C(OC(=O)C(C)C)C2OC(=O)C(C)C)c(=O)[nH]1. The van der Waals surface area contributed by atoms with Crippen LogP contribution in [0.25, 0.3) is 11.2 Å². The molecule has 6 atom stereocenters. The fraction of sp³-hybridized carbons (Fsp3) is 0.676. The Balaban J connectivity index is 2.01. The number of imidazole rings is 1. The normalized spacial score (nSPS) is 19.4. The molecule has 0 aliphatic carbocycles. The van der Waals surface area contributed by atoms with Crippen LogP contribution in [0.1, 0.15) is 67.0 Å². The Labute approximate surface area is 344 Å². The van der Waals surface area contributed by atoms with Crippen molar-refractivity contribution in [2.75, 3.05) is 45.0 Å². The topological polar surface area (TPSA) is 336 Å². The number of phosphoric ester groups is 2. The third-order valence-electron chi connectivity index (χ3n) is 7.89. The number of aliphatic hydroxyl groups excluding tert-OH is 1. The molecule has 1 aliphatic heterocycles. The maximum atomic E-state index is 14.1. The van der Waals surface area contributed by atoms with Gasteiger partial charge >= 0.3 is 27.6 Å². The Morgan fingerprint density at radius 1 is 0.867 bits per heavy atom. The summed E-state index contributed by atoms with van der Waals surface area (Å²) < 4.78 is 78.3. The smallest absolute Gasteiger partial charge is 0.455 e. The average Bonchev–Trinajstić information content (AvgIpc) is 3.76.